The van der Waals surface area contributed by atoms with Crippen molar-refractivity contribution in [1.29, 1.82) is 0 Å². The number of aromatic nitrogens is 1. The molecule has 9 heteroatoms. The fourth-order valence-electron chi connectivity index (χ4n) is 1.62. The number of thiocarbonyl (C=S) groups is 1. The molecule has 1 rings (SSSR count). The van der Waals surface area contributed by atoms with Gasteiger partial charge in [0.15, 0.2) is 0 Å². The van der Waals surface area contributed by atoms with Crippen molar-refractivity contribution in [3.63, 3.8) is 0 Å². The van der Waals surface area contributed by atoms with Crippen LogP contribution < -0.4 is 5.73 Å². The third-order valence-corrected chi connectivity index (χ3v) is 4.85. The Labute approximate surface area is 129 Å². The van der Waals surface area contributed by atoms with E-state index >= 15 is 0 Å². The molecular weight excluding hydrogens is 314 g/mol. The number of sulfonamides is 1. The number of nitrogens with two attached hydrogens (primary N) is 1. The Bertz CT molecular complexity index is 628. The largest absolute Gasteiger partial charge is 0.469 e. The highest BCUT2D eigenvalue weighted by Gasteiger charge is 2.25. The van der Waals surface area contributed by atoms with Gasteiger partial charge in [0.25, 0.3) is 0 Å². The molecule has 0 fully saturated rings. The molecule has 7 nitrogen and oxygen atoms in total. The Morgan fingerprint density at radius 2 is 2.14 bits per heavy atom. The van der Waals surface area contributed by atoms with E-state index in [2.05, 4.69) is 9.72 Å². The molecular formula is C12H17N3O4S2. The Hall–Kier alpha value is -1.58. The third-order valence-electron chi connectivity index (χ3n) is 2.83. The van der Waals surface area contributed by atoms with Gasteiger partial charge < -0.3 is 10.5 Å². The van der Waals surface area contributed by atoms with Crippen LogP contribution in [0.15, 0.2) is 23.2 Å². The van der Waals surface area contributed by atoms with E-state index in [4.69, 9.17) is 18.0 Å². The second-order valence-corrected chi connectivity index (χ2v) is 6.94. The number of pyridine rings is 1. The van der Waals surface area contributed by atoms with E-state index < -0.39 is 21.9 Å². The number of hydrogen-bond acceptors (Lipinski definition) is 6. The quantitative estimate of drug-likeness (QED) is 0.584. The Morgan fingerprint density at radius 3 is 2.57 bits per heavy atom. The highest BCUT2D eigenvalue weighted by molar-refractivity contribution is 7.89. The number of methoxy groups -OCH3 is 1. The lowest BCUT2D eigenvalue weighted by molar-refractivity contribution is -0.144. The van der Waals surface area contributed by atoms with Crippen LogP contribution in [0.1, 0.15) is 12.6 Å². The van der Waals surface area contributed by atoms with Gasteiger partial charge in [-0.15, -0.1) is 0 Å². The van der Waals surface area contributed by atoms with E-state index in [1.54, 1.807) is 6.92 Å². The molecule has 0 aliphatic rings. The molecule has 0 aromatic carbocycles. The van der Waals surface area contributed by atoms with Gasteiger partial charge in [-0.1, -0.05) is 19.1 Å². The van der Waals surface area contributed by atoms with E-state index in [1.165, 1.54) is 32.5 Å². The van der Waals surface area contributed by atoms with Crippen molar-refractivity contribution in [1.82, 2.24) is 9.29 Å². The molecule has 0 bridgehead atoms. The van der Waals surface area contributed by atoms with Gasteiger partial charge in [-0.25, -0.2) is 12.7 Å². The van der Waals surface area contributed by atoms with Gasteiger partial charge in [0, 0.05) is 19.8 Å². The summed E-state index contributed by atoms with van der Waals surface area (Å²) in [5, 5.41) is 0. The normalized spacial score (nSPS) is 13.0. The third kappa shape index (κ3) is 4.19. The maximum Gasteiger partial charge on any atom is 0.309 e. The SMILES string of the molecule is COC(=O)C(C)CN(C)S(=O)(=O)c1ccc(C(N)=S)nc1. The molecule has 1 aromatic heterocycles. The van der Waals surface area contributed by atoms with Gasteiger partial charge in [0.1, 0.15) is 9.88 Å². The van der Waals surface area contributed by atoms with Crippen molar-refractivity contribution in [2.75, 3.05) is 20.7 Å². The minimum Gasteiger partial charge on any atom is -0.469 e. The van der Waals surface area contributed by atoms with E-state index in [-0.39, 0.29) is 16.4 Å². The summed E-state index contributed by atoms with van der Waals surface area (Å²) < 4.78 is 30.3. The predicted octanol–water partition coefficient (Wildman–Crippen LogP) is 0.145. The van der Waals surface area contributed by atoms with Gasteiger partial charge in [-0.3, -0.25) is 9.78 Å². The summed E-state index contributed by atoms with van der Waals surface area (Å²) in [5.74, 6) is -1.04. The highest BCUT2D eigenvalue weighted by Crippen LogP contribution is 2.15. The van der Waals surface area contributed by atoms with Gasteiger partial charge in [0.2, 0.25) is 10.0 Å². The molecule has 0 aliphatic heterocycles. The number of ether oxygens (including phenoxy) is 1. The predicted molar refractivity (Wildman–Crippen MR) is 81.1 cm³/mol. The summed E-state index contributed by atoms with van der Waals surface area (Å²) in [6.07, 6.45) is 1.18. The van der Waals surface area contributed by atoms with Gasteiger partial charge in [-0.2, -0.15) is 0 Å². The molecule has 116 valence electrons. The molecule has 1 heterocycles. The van der Waals surface area contributed by atoms with Crippen molar-refractivity contribution in [2.45, 2.75) is 11.8 Å². The summed E-state index contributed by atoms with van der Waals surface area (Å²) >= 11 is 4.75. The van der Waals surface area contributed by atoms with Crippen LogP contribution in [0, 0.1) is 5.92 Å². The molecule has 0 radical (unpaired) electrons. The zero-order valence-electron chi connectivity index (χ0n) is 11.9. The molecule has 0 aliphatic carbocycles. The van der Waals surface area contributed by atoms with Crippen LogP contribution in [0.5, 0.6) is 0 Å². The molecule has 0 saturated heterocycles. The van der Waals surface area contributed by atoms with Gasteiger partial charge in [0.05, 0.1) is 18.7 Å². The number of carbonyl (C=O) groups excluding carboxylic acids is 1. The Balaban J connectivity index is 2.94. The lowest BCUT2D eigenvalue weighted by atomic mass is 10.2. The summed E-state index contributed by atoms with van der Waals surface area (Å²) in [4.78, 5) is 15.3. The Kier molecular flexibility index (Phi) is 5.76. The van der Waals surface area contributed by atoms with E-state index in [0.29, 0.717) is 5.69 Å². The topological polar surface area (TPSA) is 103 Å². The van der Waals surface area contributed by atoms with Crippen LogP contribution in [0.2, 0.25) is 0 Å². The van der Waals surface area contributed by atoms with E-state index in [9.17, 15) is 13.2 Å². The molecule has 0 saturated carbocycles. The van der Waals surface area contributed by atoms with Crippen LogP contribution in [-0.2, 0) is 19.6 Å². The first kappa shape index (κ1) is 17.5. The molecule has 0 spiro atoms. The maximum absolute atomic E-state index is 12.3. The highest BCUT2D eigenvalue weighted by atomic mass is 32.2. The number of rotatable bonds is 6. The molecule has 21 heavy (non-hydrogen) atoms. The minimum atomic E-state index is -3.74. The summed E-state index contributed by atoms with van der Waals surface area (Å²) in [6.45, 7) is 1.60. The van der Waals surface area contributed by atoms with Crippen LogP contribution in [-0.4, -0.2) is 49.4 Å². The second kappa shape index (κ2) is 6.92. The summed E-state index contributed by atoms with van der Waals surface area (Å²) in [7, 11) is -1.10. The Morgan fingerprint density at radius 1 is 1.52 bits per heavy atom. The zero-order valence-corrected chi connectivity index (χ0v) is 13.6. The molecule has 1 atom stereocenters. The first-order valence-corrected chi connectivity index (χ1v) is 7.85. The molecule has 1 aromatic rings. The van der Waals surface area contributed by atoms with Crippen molar-refractivity contribution in [2.24, 2.45) is 11.7 Å². The first-order chi connectivity index (χ1) is 9.70. The van der Waals surface area contributed by atoms with Gasteiger partial charge in [-0.05, 0) is 12.1 Å². The van der Waals surface area contributed by atoms with Crippen molar-refractivity contribution in [3.8, 4) is 0 Å². The average Bonchev–Trinajstić information content (AvgIpc) is 2.46. The second-order valence-electron chi connectivity index (χ2n) is 4.45. The lowest BCUT2D eigenvalue weighted by Gasteiger charge is -2.19. The van der Waals surface area contributed by atoms with Crippen molar-refractivity contribution >= 4 is 33.2 Å². The standard InChI is InChI=1S/C12H17N3O4S2/c1-8(12(16)19-3)7-15(2)21(17,18)9-4-5-10(11(13)20)14-6-9/h4-6,8H,7H2,1-3H3,(H2,13,20). The van der Waals surface area contributed by atoms with Gasteiger partial charge >= 0.3 is 5.97 Å². The average molecular weight is 331 g/mol. The monoisotopic (exact) mass is 331 g/mol. The maximum atomic E-state index is 12.3. The van der Waals surface area contributed by atoms with Crippen molar-refractivity contribution in [3.05, 3.63) is 24.0 Å². The summed E-state index contributed by atoms with van der Waals surface area (Å²) in [5.41, 5.74) is 5.75. The summed E-state index contributed by atoms with van der Waals surface area (Å²) in [6, 6.07) is 2.81. The smallest absolute Gasteiger partial charge is 0.309 e. The first-order valence-electron chi connectivity index (χ1n) is 6.00. The van der Waals surface area contributed by atoms with Crippen LogP contribution in [0.4, 0.5) is 0 Å². The zero-order chi connectivity index (χ0) is 16.2. The fraction of sp³-hybridized carbons (Fsp3) is 0.417. The fourth-order valence-corrected chi connectivity index (χ4v) is 2.94. The van der Waals surface area contributed by atoms with Crippen LogP contribution >= 0.6 is 12.2 Å². The van der Waals surface area contributed by atoms with E-state index in [0.717, 1.165) is 4.31 Å². The van der Waals surface area contributed by atoms with Crippen molar-refractivity contribution < 1.29 is 17.9 Å². The minimum absolute atomic E-state index is 0.00191. The van der Waals surface area contributed by atoms with E-state index in [1.807, 2.05) is 0 Å². The van der Waals surface area contributed by atoms with Crippen LogP contribution in [0.25, 0.3) is 0 Å². The number of nitrogens with zero attached hydrogens (tertiary/aromatic N) is 2. The number of hydrogen-bond donors (Lipinski definition) is 1. The lowest BCUT2D eigenvalue weighted by Crippen LogP contribution is -2.34. The number of carbonyl (C=O) groups is 1. The molecule has 0 amide bonds. The van der Waals surface area contributed by atoms with Crippen LogP contribution in [0.3, 0.4) is 0 Å². The number of esters is 1. The molecule has 2 N–H and O–H groups in total. The molecule has 1 unspecified atom stereocenters.